The Morgan fingerprint density at radius 2 is 1.92 bits per heavy atom. The fraction of sp³-hybridized carbons (Fsp3) is 0.455. The summed E-state index contributed by atoms with van der Waals surface area (Å²) in [6, 6.07) is 9.62. The molecule has 2 heteroatoms. The van der Waals surface area contributed by atoms with Gasteiger partial charge in [-0.2, -0.15) is 0 Å². The van der Waals surface area contributed by atoms with Gasteiger partial charge in [-0.1, -0.05) is 43.7 Å². The van der Waals surface area contributed by atoms with Gasteiger partial charge in [-0.3, -0.25) is 0 Å². The van der Waals surface area contributed by atoms with Crippen molar-refractivity contribution in [3.8, 4) is 0 Å². The highest BCUT2D eigenvalue weighted by atomic mass is 16.3. The summed E-state index contributed by atoms with van der Waals surface area (Å²) in [5.74, 6) is 0. The Kier molecular flexibility index (Phi) is 3.46. The molecule has 0 aliphatic rings. The van der Waals surface area contributed by atoms with Gasteiger partial charge in [0.05, 0.1) is 0 Å². The van der Waals surface area contributed by atoms with E-state index in [1.165, 1.54) is 0 Å². The lowest BCUT2D eigenvalue weighted by molar-refractivity contribution is 0.0359. The number of hydrogen-bond donors (Lipinski definition) is 2. The van der Waals surface area contributed by atoms with Crippen LogP contribution in [-0.2, 0) is 5.60 Å². The molecular weight excluding hydrogens is 162 g/mol. The fourth-order valence-electron chi connectivity index (χ4n) is 1.53. The van der Waals surface area contributed by atoms with Crippen LogP contribution in [0.15, 0.2) is 30.3 Å². The molecule has 1 atom stereocenters. The largest absolute Gasteiger partial charge is 0.384 e. The number of hydrogen-bond acceptors (Lipinski definition) is 2. The molecule has 0 saturated carbocycles. The van der Waals surface area contributed by atoms with Gasteiger partial charge in [0.2, 0.25) is 0 Å². The first-order chi connectivity index (χ1) is 6.23. The van der Waals surface area contributed by atoms with Gasteiger partial charge in [0.1, 0.15) is 5.60 Å². The molecule has 0 aliphatic carbocycles. The third-order valence-electron chi connectivity index (χ3n) is 2.31. The average molecular weight is 179 g/mol. The molecule has 0 amide bonds. The number of nitrogens with two attached hydrogens (primary N) is 1. The molecule has 13 heavy (non-hydrogen) atoms. The SMILES string of the molecule is CCC[C@](O)(CN)c1ccccc1. The summed E-state index contributed by atoms with van der Waals surface area (Å²) in [6.07, 6.45) is 1.65. The predicted octanol–water partition coefficient (Wildman–Crippen LogP) is 1.63. The molecule has 0 saturated heterocycles. The zero-order valence-corrected chi connectivity index (χ0v) is 8.03. The summed E-state index contributed by atoms with van der Waals surface area (Å²) < 4.78 is 0. The maximum absolute atomic E-state index is 10.2. The maximum atomic E-state index is 10.2. The van der Waals surface area contributed by atoms with E-state index in [1.54, 1.807) is 0 Å². The lowest BCUT2D eigenvalue weighted by Gasteiger charge is -2.26. The Bertz CT molecular complexity index is 248. The van der Waals surface area contributed by atoms with Crippen molar-refractivity contribution in [3.63, 3.8) is 0 Å². The standard InChI is InChI=1S/C11H17NO/c1-2-8-11(13,9-12)10-6-4-3-5-7-10/h3-7,13H,2,8-9,12H2,1H3/t11-/m0/s1. The van der Waals surface area contributed by atoms with Crippen LogP contribution in [0, 0.1) is 0 Å². The topological polar surface area (TPSA) is 46.2 Å². The summed E-state index contributed by atoms with van der Waals surface area (Å²) in [5, 5.41) is 10.2. The molecule has 1 aromatic rings. The minimum atomic E-state index is -0.837. The van der Waals surface area contributed by atoms with Crippen LogP contribution in [0.2, 0.25) is 0 Å². The highest BCUT2D eigenvalue weighted by molar-refractivity contribution is 5.22. The average Bonchev–Trinajstić information content (AvgIpc) is 2.19. The molecule has 1 aromatic carbocycles. The second-order valence-corrected chi connectivity index (χ2v) is 3.35. The normalized spacial score (nSPS) is 15.3. The van der Waals surface area contributed by atoms with Crippen molar-refractivity contribution >= 4 is 0 Å². The highest BCUT2D eigenvalue weighted by Gasteiger charge is 2.25. The van der Waals surface area contributed by atoms with E-state index < -0.39 is 5.60 Å². The minimum absolute atomic E-state index is 0.283. The molecule has 0 aliphatic heterocycles. The van der Waals surface area contributed by atoms with Crippen LogP contribution >= 0.6 is 0 Å². The summed E-state index contributed by atoms with van der Waals surface area (Å²) in [4.78, 5) is 0. The Hall–Kier alpha value is -0.860. The van der Waals surface area contributed by atoms with Crippen LogP contribution in [0.5, 0.6) is 0 Å². The van der Waals surface area contributed by atoms with E-state index in [1.807, 2.05) is 37.3 Å². The number of rotatable bonds is 4. The van der Waals surface area contributed by atoms with Crippen molar-refractivity contribution in [1.29, 1.82) is 0 Å². The van der Waals surface area contributed by atoms with Crippen molar-refractivity contribution in [3.05, 3.63) is 35.9 Å². The van der Waals surface area contributed by atoms with Crippen LogP contribution < -0.4 is 5.73 Å². The Balaban J connectivity index is 2.89. The minimum Gasteiger partial charge on any atom is -0.384 e. The zero-order valence-electron chi connectivity index (χ0n) is 8.03. The summed E-state index contributed by atoms with van der Waals surface area (Å²) in [5.41, 5.74) is 5.65. The van der Waals surface area contributed by atoms with Gasteiger partial charge in [-0.25, -0.2) is 0 Å². The van der Waals surface area contributed by atoms with E-state index in [0.29, 0.717) is 6.42 Å². The van der Waals surface area contributed by atoms with Crippen molar-refractivity contribution in [2.24, 2.45) is 5.73 Å². The van der Waals surface area contributed by atoms with Gasteiger partial charge in [0.15, 0.2) is 0 Å². The number of aliphatic hydroxyl groups is 1. The fourth-order valence-corrected chi connectivity index (χ4v) is 1.53. The van der Waals surface area contributed by atoms with Crippen molar-refractivity contribution < 1.29 is 5.11 Å². The smallest absolute Gasteiger partial charge is 0.102 e. The molecule has 2 nitrogen and oxygen atoms in total. The van der Waals surface area contributed by atoms with Gasteiger partial charge in [0.25, 0.3) is 0 Å². The molecule has 0 heterocycles. The third kappa shape index (κ3) is 2.29. The lowest BCUT2D eigenvalue weighted by Crippen LogP contribution is -2.34. The van der Waals surface area contributed by atoms with E-state index >= 15 is 0 Å². The first kappa shape index (κ1) is 10.2. The van der Waals surface area contributed by atoms with Crippen molar-refractivity contribution in [2.45, 2.75) is 25.4 Å². The quantitative estimate of drug-likeness (QED) is 0.738. The van der Waals surface area contributed by atoms with Crippen LogP contribution in [0.4, 0.5) is 0 Å². The molecule has 0 radical (unpaired) electrons. The van der Waals surface area contributed by atoms with Gasteiger partial charge in [0, 0.05) is 6.54 Å². The van der Waals surface area contributed by atoms with Crippen LogP contribution in [0.25, 0.3) is 0 Å². The van der Waals surface area contributed by atoms with Gasteiger partial charge >= 0.3 is 0 Å². The van der Waals surface area contributed by atoms with Crippen molar-refractivity contribution in [1.82, 2.24) is 0 Å². The van der Waals surface area contributed by atoms with Gasteiger partial charge in [-0.15, -0.1) is 0 Å². The lowest BCUT2D eigenvalue weighted by atomic mass is 9.89. The highest BCUT2D eigenvalue weighted by Crippen LogP contribution is 2.24. The molecule has 0 aromatic heterocycles. The molecule has 72 valence electrons. The second kappa shape index (κ2) is 4.40. The summed E-state index contributed by atoms with van der Waals surface area (Å²) in [7, 11) is 0. The zero-order chi connectivity index (χ0) is 9.73. The van der Waals surface area contributed by atoms with Gasteiger partial charge < -0.3 is 10.8 Å². The summed E-state index contributed by atoms with van der Waals surface area (Å²) >= 11 is 0. The molecule has 0 spiro atoms. The molecule has 0 unspecified atom stereocenters. The Labute approximate surface area is 79.4 Å². The van der Waals surface area contributed by atoms with Crippen molar-refractivity contribution in [2.75, 3.05) is 6.54 Å². The predicted molar refractivity (Wildman–Crippen MR) is 54.3 cm³/mol. The van der Waals surface area contributed by atoms with Crippen LogP contribution in [-0.4, -0.2) is 11.7 Å². The molecule has 0 bridgehead atoms. The van der Waals surface area contributed by atoms with Gasteiger partial charge in [-0.05, 0) is 12.0 Å². The van der Waals surface area contributed by atoms with E-state index in [2.05, 4.69) is 0 Å². The van der Waals surface area contributed by atoms with E-state index in [0.717, 1.165) is 12.0 Å². The molecule has 1 rings (SSSR count). The van der Waals surface area contributed by atoms with Crippen LogP contribution in [0.1, 0.15) is 25.3 Å². The Morgan fingerprint density at radius 1 is 1.31 bits per heavy atom. The number of benzene rings is 1. The Morgan fingerprint density at radius 3 is 2.38 bits per heavy atom. The summed E-state index contributed by atoms with van der Waals surface area (Å²) in [6.45, 7) is 2.33. The molecular formula is C11H17NO. The van der Waals surface area contributed by atoms with Crippen LogP contribution in [0.3, 0.4) is 0 Å². The first-order valence-corrected chi connectivity index (χ1v) is 4.71. The van der Waals surface area contributed by atoms with E-state index in [-0.39, 0.29) is 6.54 Å². The maximum Gasteiger partial charge on any atom is 0.102 e. The monoisotopic (exact) mass is 179 g/mol. The van der Waals surface area contributed by atoms with E-state index in [4.69, 9.17) is 5.73 Å². The van der Waals surface area contributed by atoms with E-state index in [9.17, 15) is 5.11 Å². The second-order valence-electron chi connectivity index (χ2n) is 3.35. The molecule has 3 N–H and O–H groups in total. The molecule has 0 fully saturated rings. The first-order valence-electron chi connectivity index (χ1n) is 4.71. The third-order valence-corrected chi connectivity index (χ3v) is 2.31.